The number of rotatable bonds is 7. The van der Waals surface area contributed by atoms with E-state index in [-0.39, 0.29) is 5.91 Å². The summed E-state index contributed by atoms with van der Waals surface area (Å²) in [6, 6.07) is 0. The maximum atomic E-state index is 11.2. The maximum absolute atomic E-state index is 11.2. The lowest BCUT2D eigenvalue weighted by atomic mass is 10.2. The summed E-state index contributed by atoms with van der Waals surface area (Å²) in [5.41, 5.74) is 5.33. The van der Waals surface area contributed by atoms with E-state index in [1.54, 1.807) is 0 Å². The number of aromatic nitrogens is 3. The van der Waals surface area contributed by atoms with Crippen molar-refractivity contribution in [2.24, 2.45) is 5.73 Å². The fraction of sp³-hybridized carbons (Fsp3) is 0.667. The summed E-state index contributed by atoms with van der Waals surface area (Å²) in [6.07, 6.45) is 4.44. The molecule has 4 N–H and O–H groups in total. The van der Waals surface area contributed by atoms with Gasteiger partial charge in [-0.3, -0.25) is 9.89 Å². The normalized spacial score (nSPS) is 10.2. The minimum Gasteiger partial charge on any atom is -0.356 e. The molecule has 0 aliphatic rings. The van der Waals surface area contributed by atoms with Gasteiger partial charge in [0.25, 0.3) is 0 Å². The number of nitrogens with zero attached hydrogens (tertiary/aromatic N) is 2. The van der Waals surface area contributed by atoms with Gasteiger partial charge in [0.15, 0.2) is 0 Å². The van der Waals surface area contributed by atoms with Gasteiger partial charge in [-0.25, -0.2) is 4.98 Å². The van der Waals surface area contributed by atoms with E-state index in [1.807, 2.05) is 0 Å². The Hall–Kier alpha value is -1.43. The number of H-pyrrole nitrogens is 1. The fourth-order valence-corrected chi connectivity index (χ4v) is 1.19. The summed E-state index contributed by atoms with van der Waals surface area (Å²) >= 11 is 0. The lowest BCUT2D eigenvalue weighted by molar-refractivity contribution is -0.121. The summed E-state index contributed by atoms with van der Waals surface area (Å²) in [5, 5.41) is 9.26. The van der Waals surface area contributed by atoms with Gasteiger partial charge in [-0.2, -0.15) is 5.10 Å². The molecule has 0 fully saturated rings. The Kier molecular flexibility index (Phi) is 5.39. The van der Waals surface area contributed by atoms with Crippen LogP contribution in [-0.2, 0) is 11.2 Å². The molecule has 15 heavy (non-hydrogen) atoms. The van der Waals surface area contributed by atoms with Crippen LogP contribution < -0.4 is 11.1 Å². The highest BCUT2D eigenvalue weighted by atomic mass is 16.1. The Balaban J connectivity index is 2.02. The summed E-state index contributed by atoms with van der Waals surface area (Å²) in [4.78, 5) is 15.2. The first-order valence-corrected chi connectivity index (χ1v) is 5.14. The summed E-state index contributed by atoms with van der Waals surface area (Å²) in [7, 11) is 0. The molecule has 0 bridgehead atoms. The topological polar surface area (TPSA) is 96.7 Å². The van der Waals surface area contributed by atoms with Crippen LogP contribution in [0.3, 0.4) is 0 Å². The van der Waals surface area contributed by atoms with Crippen molar-refractivity contribution in [3.63, 3.8) is 0 Å². The van der Waals surface area contributed by atoms with Gasteiger partial charge < -0.3 is 11.1 Å². The lowest BCUT2D eigenvalue weighted by Gasteiger charge is -2.02. The average Bonchev–Trinajstić information content (AvgIpc) is 2.71. The number of hydrogen-bond acceptors (Lipinski definition) is 4. The molecule has 1 amide bonds. The van der Waals surface area contributed by atoms with Gasteiger partial charge in [0, 0.05) is 19.4 Å². The summed E-state index contributed by atoms with van der Waals surface area (Å²) in [5.74, 6) is 0.861. The predicted octanol–water partition coefficient (Wildman–Crippen LogP) is -0.408. The van der Waals surface area contributed by atoms with E-state index in [4.69, 9.17) is 5.73 Å². The van der Waals surface area contributed by atoms with Crippen molar-refractivity contribution < 1.29 is 4.79 Å². The molecule has 0 spiro atoms. The van der Waals surface area contributed by atoms with Crippen LogP contribution in [0.4, 0.5) is 0 Å². The van der Waals surface area contributed by atoms with Crippen molar-refractivity contribution in [3.8, 4) is 0 Å². The molecule has 0 aromatic carbocycles. The first kappa shape index (κ1) is 11.6. The van der Waals surface area contributed by atoms with E-state index < -0.39 is 0 Å². The van der Waals surface area contributed by atoms with Gasteiger partial charge in [-0.15, -0.1) is 0 Å². The van der Waals surface area contributed by atoms with Gasteiger partial charge in [0.05, 0.1) is 0 Å². The van der Waals surface area contributed by atoms with Gasteiger partial charge in [0.1, 0.15) is 12.2 Å². The third-order valence-corrected chi connectivity index (χ3v) is 2.01. The number of carbonyl (C=O) groups is 1. The fourth-order valence-electron chi connectivity index (χ4n) is 1.19. The van der Waals surface area contributed by atoms with Crippen LogP contribution in [0.25, 0.3) is 0 Å². The Labute approximate surface area is 88.7 Å². The molecule has 1 aromatic rings. The van der Waals surface area contributed by atoms with Gasteiger partial charge in [-0.1, -0.05) is 0 Å². The molecule has 0 aliphatic heterocycles. The Morgan fingerprint density at radius 3 is 3.07 bits per heavy atom. The van der Waals surface area contributed by atoms with Crippen molar-refractivity contribution in [1.29, 1.82) is 0 Å². The minimum atomic E-state index is 0.0722. The van der Waals surface area contributed by atoms with Crippen LogP contribution >= 0.6 is 0 Å². The summed E-state index contributed by atoms with van der Waals surface area (Å²) in [6.45, 7) is 1.24. The third-order valence-electron chi connectivity index (χ3n) is 2.01. The standard InChI is InChI=1S/C9H17N5O/c10-5-2-1-3-9(15)11-6-4-8-12-7-13-14-8/h7H,1-6,10H2,(H,11,15)(H,12,13,14). The predicted molar refractivity (Wildman–Crippen MR) is 56.0 cm³/mol. The Morgan fingerprint density at radius 1 is 1.53 bits per heavy atom. The second-order valence-corrected chi connectivity index (χ2v) is 3.28. The molecule has 1 aromatic heterocycles. The van der Waals surface area contributed by atoms with Crippen LogP contribution in [0.1, 0.15) is 25.1 Å². The van der Waals surface area contributed by atoms with Gasteiger partial charge in [-0.05, 0) is 19.4 Å². The van der Waals surface area contributed by atoms with Crippen molar-refractivity contribution >= 4 is 5.91 Å². The van der Waals surface area contributed by atoms with E-state index >= 15 is 0 Å². The third kappa shape index (κ3) is 5.11. The second kappa shape index (κ2) is 6.94. The van der Waals surface area contributed by atoms with Crippen LogP contribution in [-0.4, -0.2) is 34.2 Å². The number of nitrogens with two attached hydrogens (primary N) is 1. The van der Waals surface area contributed by atoms with Crippen molar-refractivity contribution in [2.75, 3.05) is 13.1 Å². The van der Waals surface area contributed by atoms with E-state index in [0.717, 1.165) is 18.7 Å². The number of amides is 1. The molecular formula is C9H17N5O. The lowest BCUT2D eigenvalue weighted by Crippen LogP contribution is -2.25. The zero-order valence-electron chi connectivity index (χ0n) is 8.70. The SMILES string of the molecule is NCCCCC(=O)NCCc1ncn[nH]1. The number of nitrogens with one attached hydrogen (secondary N) is 2. The van der Waals surface area contributed by atoms with Crippen molar-refractivity contribution in [2.45, 2.75) is 25.7 Å². The van der Waals surface area contributed by atoms with Crippen LogP contribution in [0, 0.1) is 0 Å². The van der Waals surface area contributed by atoms with E-state index in [2.05, 4.69) is 20.5 Å². The van der Waals surface area contributed by atoms with Crippen molar-refractivity contribution in [3.05, 3.63) is 12.2 Å². The monoisotopic (exact) mass is 211 g/mol. The zero-order valence-corrected chi connectivity index (χ0v) is 8.70. The quantitative estimate of drug-likeness (QED) is 0.534. The van der Waals surface area contributed by atoms with E-state index in [9.17, 15) is 4.79 Å². The maximum Gasteiger partial charge on any atom is 0.220 e. The molecule has 84 valence electrons. The molecule has 0 atom stereocenters. The van der Waals surface area contributed by atoms with Crippen LogP contribution in [0.5, 0.6) is 0 Å². The molecule has 1 rings (SSSR count). The largest absolute Gasteiger partial charge is 0.356 e. The highest BCUT2D eigenvalue weighted by Gasteiger charge is 2.01. The summed E-state index contributed by atoms with van der Waals surface area (Å²) < 4.78 is 0. The van der Waals surface area contributed by atoms with Gasteiger partial charge in [0.2, 0.25) is 5.91 Å². The highest BCUT2D eigenvalue weighted by Crippen LogP contribution is 1.93. The van der Waals surface area contributed by atoms with Gasteiger partial charge >= 0.3 is 0 Å². The van der Waals surface area contributed by atoms with Crippen LogP contribution in [0.15, 0.2) is 6.33 Å². The van der Waals surface area contributed by atoms with E-state index in [0.29, 0.717) is 25.9 Å². The zero-order chi connectivity index (χ0) is 10.9. The van der Waals surface area contributed by atoms with Crippen LogP contribution in [0.2, 0.25) is 0 Å². The number of aromatic amines is 1. The molecule has 0 saturated heterocycles. The number of unbranched alkanes of at least 4 members (excludes halogenated alkanes) is 1. The molecule has 1 heterocycles. The number of carbonyl (C=O) groups excluding carboxylic acids is 1. The second-order valence-electron chi connectivity index (χ2n) is 3.28. The first-order valence-electron chi connectivity index (χ1n) is 5.14. The minimum absolute atomic E-state index is 0.0722. The molecule has 0 unspecified atom stereocenters. The molecule has 6 heteroatoms. The smallest absolute Gasteiger partial charge is 0.220 e. The average molecular weight is 211 g/mol. The molecule has 0 aliphatic carbocycles. The van der Waals surface area contributed by atoms with E-state index in [1.165, 1.54) is 6.33 Å². The molecular weight excluding hydrogens is 194 g/mol. The Morgan fingerprint density at radius 2 is 2.40 bits per heavy atom. The first-order chi connectivity index (χ1) is 7.33. The molecule has 6 nitrogen and oxygen atoms in total. The molecule has 0 saturated carbocycles. The molecule has 0 radical (unpaired) electrons. The number of hydrogen-bond donors (Lipinski definition) is 3. The highest BCUT2D eigenvalue weighted by molar-refractivity contribution is 5.75. The van der Waals surface area contributed by atoms with Crippen molar-refractivity contribution in [1.82, 2.24) is 20.5 Å². The Bertz CT molecular complexity index is 272.